The third-order valence-corrected chi connectivity index (χ3v) is 5.33. The van der Waals surface area contributed by atoms with Gasteiger partial charge >= 0.3 is 0 Å². The molecule has 1 saturated heterocycles. The molecule has 0 bridgehead atoms. The summed E-state index contributed by atoms with van der Waals surface area (Å²) in [7, 11) is 2.06. The molecule has 0 amide bonds. The van der Waals surface area contributed by atoms with E-state index in [1.54, 1.807) is 0 Å². The normalized spacial score (nSPS) is 20.6. The molecule has 1 aliphatic heterocycles. The van der Waals surface area contributed by atoms with Crippen molar-refractivity contribution in [2.24, 2.45) is 7.05 Å². The number of benzene rings is 2. The molecule has 0 radical (unpaired) electrons. The minimum Gasteiger partial charge on any atom is -0.423 e. The zero-order valence-electron chi connectivity index (χ0n) is 15.2. The number of anilines is 1. The van der Waals surface area contributed by atoms with Gasteiger partial charge in [0, 0.05) is 30.7 Å². The first-order chi connectivity index (χ1) is 13.1. The molecule has 5 nitrogen and oxygen atoms in total. The van der Waals surface area contributed by atoms with Crippen molar-refractivity contribution >= 4 is 39.6 Å². The summed E-state index contributed by atoms with van der Waals surface area (Å²) in [6, 6.07) is 15.4. The number of rotatable bonds is 2. The third kappa shape index (κ3) is 2.97. The number of ether oxygens (including phenoxy) is 1. The number of hydrogen-bond acceptors (Lipinski definition) is 4. The number of morpholine rings is 1. The summed E-state index contributed by atoms with van der Waals surface area (Å²) in [4.78, 5) is 6.74. The second-order valence-corrected chi connectivity index (χ2v) is 7.63. The second-order valence-electron chi connectivity index (χ2n) is 7.14. The van der Waals surface area contributed by atoms with Gasteiger partial charge in [0.25, 0.3) is 6.01 Å². The summed E-state index contributed by atoms with van der Waals surface area (Å²) in [5.74, 6) is 0. The van der Waals surface area contributed by atoms with Crippen molar-refractivity contribution in [2.45, 2.75) is 18.6 Å². The average molecular weight is 382 g/mol. The van der Waals surface area contributed by atoms with E-state index in [-0.39, 0.29) is 11.7 Å². The van der Waals surface area contributed by atoms with E-state index < -0.39 is 0 Å². The van der Waals surface area contributed by atoms with E-state index in [1.165, 1.54) is 16.5 Å². The lowest BCUT2D eigenvalue weighted by Gasteiger charge is -2.32. The van der Waals surface area contributed by atoms with Crippen molar-refractivity contribution in [1.82, 2.24) is 9.55 Å². The molecule has 0 N–H and O–H groups in total. The van der Waals surface area contributed by atoms with Gasteiger partial charge in [0.05, 0.1) is 12.6 Å². The Morgan fingerprint density at radius 1 is 1.07 bits per heavy atom. The Kier molecular flexibility index (Phi) is 3.88. The van der Waals surface area contributed by atoms with Crippen molar-refractivity contribution in [2.75, 3.05) is 18.0 Å². The number of aryl methyl sites for hydroxylation is 1. The monoisotopic (exact) mass is 381 g/mol. The molecule has 0 unspecified atom stereocenters. The van der Waals surface area contributed by atoms with Crippen LogP contribution in [-0.2, 0) is 11.8 Å². The Labute approximate surface area is 162 Å². The Morgan fingerprint density at radius 3 is 2.74 bits per heavy atom. The van der Waals surface area contributed by atoms with Crippen LogP contribution in [0.25, 0.3) is 33.1 Å². The van der Waals surface area contributed by atoms with Crippen molar-refractivity contribution < 1.29 is 9.15 Å². The maximum atomic E-state index is 6.17. The van der Waals surface area contributed by atoms with Gasteiger partial charge in [-0.25, -0.2) is 0 Å². The van der Waals surface area contributed by atoms with Crippen molar-refractivity contribution in [1.29, 1.82) is 0 Å². The molecule has 138 valence electrons. The zero-order chi connectivity index (χ0) is 18.5. The highest BCUT2D eigenvalue weighted by Crippen LogP contribution is 2.30. The first kappa shape index (κ1) is 16.7. The number of hydrogen-bond donors (Lipinski definition) is 0. The molecule has 2 aromatic heterocycles. The largest absolute Gasteiger partial charge is 0.423 e. The molecular formula is C21H20ClN3O2. The lowest BCUT2D eigenvalue weighted by Crippen LogP contribution is -2.44. The molecule has 0 spiro atoms. The Morgan fingerprint density at radius 2 is 1.89 bits per heavy atom. The minimum atomic E-state index is -0.350. The van der Waals surface area contributed by atoms with E-state index >= 15 is 0 Å². The number of nitrogens with zero attached hydrogens (tertiary/aromatic N) is 3. The van der Waals surface area contributed by atoms with Crippen molar-refractivity contribution in [3.63, 3.8) is 0 Å². The molecule has 4 aromatic rings. The highest BCUT2D eigenvalue weighted by molar-refractivity contribution is 6.20. The predicted octanol–water partition coefficient (Wildman–Crippen LogP) is 4.78. The van der Waals surface area contributed by atoms with Gasteiger partial charge in [-0.2, -0.15) is 4.98 Å². The Bertz CT molecular complexity index is 1120. The van der Waals surface area contributed by atoms with Crippen LogP contribution in [0.3, 0.4) is 0 Å². The van der Waals surface area contributed by atoms with Crippen LogP contribution < -0.4 is 4.90 Å². The van der Waals surface area contributed by atoms with E-state index in [2.05, 4.69) is 54.2 Å². The van der Waals surface area contributed by atoms with Crippen LogP contribution in [0.1, 0.15) is 6.92 Å². The van der Waals surface area contributed by atoms with Crippen LogP contribution in [0, 0.1) is 0 Å². The average Bonchev–Trinajstić information content (AvgIpc) is 3.24. The minimum absolute atomic E-state index is 0.0458. The van der Waals surface area contributed by atoms with Crippen LogP contribution >= 0.6 is 11.6 Å². The maximum Gasteiger partial charge on any atom is 0.298 e. The molecule has 5 rings (SSSR count). The first-order valence-corrected chi connectivity index (χ1v) is 9.51. The van der Waals surface area contributed by atoms with Gasteiger partial charge in [-0.05, 0) is 48.4 Å². The molecule has 0 saturated carbocycles. The Hall–Kier alpha value is -2.50. The number of halogens is 1. The van der Waals surface area contributed by atoms with E-state index in [9.17, 15) is 0 Å². The Balaban J connectivity index is 1.51. The maximum absolute atomic E-state index is 6.17. The number of oxazole rings is 1. The van der Waals surface area contributed by atoms with Gasteiger partial charge in [0.2, 0.25) is 0 Å². The van der Waals surface area contributed by atoms with Gasteiger partial charge in [-0.3, -0.25) is 0 Å². The van der Waals surface area contributed by atoms with E-state index in [0.717, 1.165) is 16.7 Å². The summed E-state index contributed by atoms with van der Waals surface area (Å²) in [6.45, 7) is 3.28. The molecular weight excluding hydrogens is 362 g/mol. The molecule has 1 aliphatic rings. The highest BCUT2D eigenvalue weighted by atomic mass is 35.5. The lowest BCUT2D eigenvalue weighted by atomic mass is 10.0. The molecule has 0 aliphatic carbocycles. The summed E-state index contributed by atoms with van der Waals surface area (Å²) < 4.78 is 13.7. The molecule has 3 heterocycles. The SMILES string of the molecule is C[C@H]1CN(c2nc3cc(-c4ccc5c(ccn5C)c4)ccc3o2)C[C@@H](Cl)O1. The fraction of sp³-hybridized carbons (Fsp3) is 0.286. The standard InChI is InChI=1S/C21H20ClN3O2/c1-13-11-25(12-20(22)26-13)21-23-17-10-15(4-6-19(17)27-21)14-3-5-18-16(9-14)7-8-24(18)2/h3-10,13,20H,11-12H2,1-2H3/t13-,20-/m0/s1. The number of alkyl halides is 1. The molecule has 2 aromatic carbocycles. The van der Waals surface area contributed by atoms with Crippen LogP contribution in [-0.4, -0.2) is 34.3 Å². The van der Waals surface area contributed by atoms with Crippen molar-refractivity contribution in [3.8, 4) is 11.1 Å². The fourth-order valence-corrected chi connectivity index (χ4v) is 4.09. The van der Waals surface area contributed by atoms with Crippen LogP contribution in [0.2, 0.25) is 0 Å². The van der Waals surface area contributed by atoms with Gasteiger partial charge in [-0.15, -0.1) is 0 Å². The zero-order valence-corrected chi connectivity index (χ0v) is 16.0. The molecule has 6 heteroatoms. The number of fused-ring (bicyclic) bond motifs is 2. The van der Waals surface area contributed by atoms with E-state index in [0.29, 0.717) is 19.1 Å². The fourth-order valence-electron chi connectivity index (χ4n) is 3.74. The van der Waals surface area contributed by atoms with Gasteiger partial charge < -0.3 is 18.6 Å². The summed E-state index contributed by atoms with van der Waals surface area (Å²) >= 11 is 6.17. The predicted molar refractivity (Wildman–Crippen MR) is 108 cm³/mol. The summed E-state index contributed by atoms with van der Waals surface area (Å²) in [6.07, 6.45) is 2.12. The lowest BCUT2D eigenvalue weighted by molar-refractivity contribution is 0.0268. The quantitative estimate of drug-likeness (QED) is 0.469. The summed E-state index contributed by atoms with van der Waals surface area (Å²) in [5.41, 5.74) is 4.79. The second kappa shape index (κ2) is 6.29. The molecule has 27 heavy (non-hydrogen) atoms. The smallest absolute Gasteiger partial charge is 0.298 e. The van der Waals surface area contributed by atoms with E-state index in [1.807, 2.05) is 17.9 Å². The third-order valence-electron chi connectivity index (χ3n) is 5.09. The van der Waals surface area contributed by atoms with Crippen molar-refractivity contribution in [3.05, 3.63) is 48.7 Å². The highest BCUT2D eigenvalue weighted by Gasteiger charge is 2.26. The first-order valence-electron chi connectivity index (χ1n) is 9.07. The topological polar surface area (TPSA) is 43.4 Å². The van der Waals surface area contributed by atoms with Gasteiger partial charge in [0.15, 0.2) is 5.58 Å². The summed E-state index contributed by atoms with van der Waals surface area (Å²) in [5, 5.41) is 1.23. The van der Waals surface area contributed by atoms with Crippen LogP contribution in [0.5, 0.6) is 0 Å². The van der Waals surface area contributed by atoms with E-state index in [4.69, 9.17) is 25.7 Å². The number of aromatic nitrogens is 2. The van der Waals surface area contributed by atoms with Crippen LogP contribution in [0.15, 0.2) is 53.1 Å². The molecule has 1 fully saturated rings. The van der Waals surface area contributed by atoms with Gasteiger partial charge in [-0.1, -0.05) is 23.7 Å². The molecule has 2 atom stereocenters. The van der Waals surface area contributed by atoms with Crippen LogP contribution in [0.4, 0.5) is 6.01 Å². The van der Waals surface area contributed by atoms with Gasteiger partial charge in [0.1, 0.15) is 11.1 Å².